The predicted octanol–water partition coefficient (Wildman–Crippen LogP) is -0.547. The molecule has 0 aromatic carbocycles. The van der Waals surface area contributed by atoms with Crippen LogP contribution in [0.3, 0.4) is 0 Å². The first-order chi connectivity index (χ1) is 13.1. The van der Waals surface area contributed by atoms with E-state index >= 15 is 0 Å². The van der Waals surface area contributed by atoms with Crippen LogP contribution in [0.5, 0.6) is 5.75 Å². The van der Waals surface area contributed by atoms with Gasteiger partial charge in [0.1, 0.15) is 29.8 Å². The van der Waals surface area contributed by atoms with Crippen LogP contribution in [0.2, 0.25) is 0 Å². The molecule has 0 amide bonds. The highest BCUT2D eigenvalue weighted by molar-refractivity contribution is 7.86. The maximum absolute atomic E-state index is 14.3. The van der Waals surface area contributed by atoms with Crippen molar-refractivity contribution in [2.45, 2.75) is 30.0 Å². The first kappa shape index (κ1) is 20.4. The highest BCUT2D eigenvalue weighted by Gasteiger charge is 2.50. The highest BCUT2D eigenvalue weighted by Crippen LogP contribution is 2.28. The van der Waals surface area contributed by atoms with E-state index in [2.05, 4.69) is 9.97 Å². The number of aliphatic hydroxyl groups excluding tert-OH is 3. The van der Waals surface area contributed by atoms with E-state index in [9.17, 15) is 32.5 Å². The monoisotopic (exact) mass is 420 g/mol. The van der Waals surface area contributed by atoms with Crippen LogP contribution in [0.15, 0.2) is 30.6 Å². The van der Waals surface area contributed by atoms with Gasteiger partial charge in [-0.15, -0.1) is 0 Å². The van der Waals surface area contributed by atoms with E-state index in [4.69, 9.17) is 14.0 Å². The second-order valence-electron chi connectivity index (χ2n) is 5.85. The number of ether oxygens (including phenoxy) is 2. The molecule has 5 atom stereocenters. The number of hydrogen-bond donors (Lipinski definition) is 4. The molecule has 1 fully saturated rings. The third-order valence-electron chi connectivity index (χ3n) is 3.89. The Morgan fingerprint density at radius 3 is 2.32 bits per heavy atom. The Bertz CT molecular complexity index is 959. The van der Waals surface area contributed by atoms with Crippen molar-refractivity contribution < 1.29 is 46.5 Å². The molecule has 0 bridgehead atoms. The van der Waals surface area contributed by atoms with Gasteiger partial charge in [-0.05, 0) is 12.1 Å². The normalized spacial score (nSPS) is 28.1. The Morgan fingerprint density at radius 2 is 1.75 bits per heavy atom. The van der Waals surface area contributed by atoms with Crippen molar-refractivity contribution in [1.29, 1.82) is 0 Å². The fourth-order valence-electron chi connectivity index (χ4n) is 2.51. The predicted molar refractivity (Wildman–Crippen MR) is 86.2 cm³/mol. The zero-order valence-corrected chi connectivity index (χ0v) is 14.6. The van der Waals surface area contributed by atoms with Crippen LogP contribution in [0.4, 0.5) is 8.78 Å². The lowest BCUT2D eigenvalue weighted by Crippen LogP contribution is -2.61. The van der Waals surface area contributed by atoms with Gasteiger partial charge in [0.2, 0.25) is 17.7 Å². The largest absolute Gasteiger partial charge is 0.460 e. The van der Waals surface area contributed by atoms with Crippen molar-refractivity contribution in [1.82, 2.24) is 9.97 Å². The molecule has 0 aliphatic carbocycles. The van der Waals surface area contributed by atoms with Crippen molar-refractivity contribution in [2.75, 3.05) is 0 Å². The summed E-state index contributed by atoms with van der Waals surface area (Å²) >= 11 is 0. The lowest BCUT2D eigenvalue weighted by atomic mass is 10.1. The second kappa shape index (κ2) is 7.62. The van der Waals surface area contributed by atoms with Gasteiger partial charge in [-0.2, -0.15) is 12.8 Å². The fourth-order valence-corrected chi connectivity index (χ4v) is 3.27. The van der Waals surface area contributed by atoms with E-state index in [1.54, 1.807) is 0 Å². The van der Waals surface area contributed by atoms with Gasteiger partial charge >= 0.3 is 0 Å². The van der Waals surface area contributed by atoms with Gasteiger partial charge in [-0.25, -0.2) is 14.4 Å². The van der Waals surface area contributed by atoms with Gasteiger partial charge in [0.25, 0.3) is 10.1 Å². The third-order valence-corrected chi connectivity index (χ3v) is 4.87. The van der Waals surface area contributed by atoms with Crippen LogP contribution in [-0.4, -0.2) is 68.3 Å². The molecule has 28 heavy (non-hydrogen) atoms. The molecule has 4 N–H and O–H groups in total. The number of hydrogen-bond acceptors (Lipinski definition) is 9. The number of aliphatic hydroxyl groups is 3. The molecule has 0 radical (unpaired) electrons. The van der Waals surface area contributed by atoms with Gasteiger partial charge in [-0.3, -0.25) is 4.55 Å². The molecule has 1 unspecified atom stereocenters. The molecular formula is C15H14F2N2O8S. The van der Waals surface area contributed by atoms with Crippen molar-refractivity contribution in [3.8, 4) is 17.0 Å². The lowest BCUT2D eigenvalue weighted by Gasteiger charge is -2.38. The minimum absolute atomic E-state index is 0.171. The quantitative estimate of drug-likeness (QED) is 0.373. The number of pyridine rings is 2. The summed E-state index contributed by atoms with van der Waals surface area (Å²) in [5.74, 6) is -2.00. The smallest absolute Gasteiger partial charge is 0.295 e. The molecule has 2 aromatic rings. The van der Waals surface area contributed by atoms with Crippen molar-refractivity contribution >= 4 is 10.1 Å². The Hall–Kier alpha value is -2.29. The Morgan fingerprint density at radius 1 is 1.04 bits per heavy atom. The van der Waals surface area contributed by atoms with E-state index in [0.717, 1.165) is 24.5 Å². The second-order valence-corrected chi connectivity index (χ2v) is 7.34. The Balaban J connectivity index is 1.82. The van der Waals surface area contributed by atoms with Crippen molar-refractivity contribution in [2.24, 2.45) is 0 Å². The summed E-state index contributed by atoms with van der Waals surface area (Å²) in [5, 5.41) is 29.2. The minimum Gasteiger partial charge on any atom is -0.460 e. The fraction of sp³-hybridized carbons (Fsp3) is 0.333. The average molecular weight is 420 g/mol. The zero-order valence-electron chi connectivity index (χ0n) is 13.8. The van der Waals surface area contributed by atoms with E-state index < -0.39 is 51.9 Å². The van der Waals surface area contributed by atoms with Gasteiger partial charge in [0.15, 0.2) is 5.82 Å². The van der Waals surface area contributed by atoms with E-state index in [1.807, 2.05) is 0 Å². The van der Waals surface area contributed by atoms with Gasteiger partial charge in [0.05, 0.1) is 6.20 Å². The molecule has 0 spiro atoms. The molecule has 1 saturated heterocycles. The van der Waals surface area contributed by atoms with Crippen LogP contribution in [0.1, 0.15) is 0 Å². The Kier molecular flexibility index (Phi) is 5.56. The van der Waals surface area contributed by atoms with Crippen LogP contribution >= 0.6 is 0 Å². The Labute approximate surface area is 156 Å². The number of nitrogens with zero attached hydrogens (tertiary/aromatic N) is 2. The summed E-state index contributed by atoms with van der Waals surface area (Å²) in [6, 6.07) is 3.08. The van der Waals surface area contributed by atoms with Crippen LogP contribution in [0, 0.1) is 11.8 Å². The molecule has 0 saturated carbocycles. The van der Waals surface area contributed by atoms with Gasteiger partial charge in [0, 0.05) is 17.8 Å². The molecule has 3 heterocycles. The van der Waals surface area contributed by atoms with E-state index in [0.29, 0.717) is 0 Å². The van der Waals surface area contributed by atoms with Gasteiger partial charge < -0.3 is 24.8 Å². The van der Waals surface area contributed by atoms with E-state index in [1.165, 1.54) is 6.07 Å². The third kappa shape index (κ3) is 4.09. The van der Waals surface area contributed by atoms with Crippen LogP contribution in [0.25, 0.3) is 11.3 Å². The van der Waals surface area contributed by atoms with Gasteiger partial charge in [-0.1, -0.05) is 0 Å². The molecule has 3 rings (SSSR count). The standard InChI is InChI=1S/C15H14F2N2O8S/c16-8-3-7(5-19-10(8)6-1-2-9(17)18-4-6)26-14-12(21)11(20)13(22)15(27-14)28(23,24)25/h1-5,11-15,20-22H,(H,23,24,25)/t11-,12-,13+,14-,15?/m1/s1. The molecule has 10 nitrogen and oxygen atoms in total. The highest BCUT2D eigenvalue weighted by atomic mass is 32.2. The van der Waals surface area contributed by atoms with Crippen molar-refractivity contribution in [3.63, 3.8) is 0 Å². The molecule has 1 aliphatic rings. The first-order valence-corrected chi connectivity index (χ1v) is 9.18. The molecular weight excluding hydrogens is 406 g/mol. The summed E-state index contributed by atoms with van der Waals surface area (Å²) in [6.07, 6.45) is -5.91. The molecule has 2 aromatic heterocycles. The molecule has 1 aliphatic heterocycles. The van der Waals surface area contributed by atoms with Crippen LogP contribution in [-0.2, 0) is 14.9 Å². The summed E-state index contributed by atoms with van der Waals surface area (Å²) < 4.78 is 68.6. The lowest BCUT2D eigenvalue weighted by molar-refractivity contribution is -0.254. The number of aromatic nitrogens is 2. The maximum atomic E-state index is 14.3. The summed E-state index contributed by atoms with van der Waals surface area (Å²) in [6.45, 7) is 0. The SMILES string of the molecule is O=S(=O)(O)C1O[C@@H](Oc2cnc(-c3ccc(F)nc3)c(F)c2)[C@H](O)[C@@H](O)[C@@H]1O. The summed E-state index contributed by atoms with van der Waals surface area (Å²) in [4.78, 5) is 7.17. The summed E-state index contributed by atoms with van der Waals surface area (Å²) in [7, 11) is -4.96. The number of rotatable bonds is 4. The minimum atomic E-state index is -4.96. The topological polar surface area (TPSA) is 159 Å². The maximum Gasteiger partial charge on any atom is 0.295 e. The first-order valence-electron chi connectivity index (χ1n) is 7.68. The number of halogens is 2. The average Bonchev–Trinajstić information content (AvgIpc) is 2.62. The summed E-state index contributed by atoms with van der Waals surface area (Å²) in [5.41, 5.74) is -2.31. The zero-order chi connectivity index (χ0) is 20.6. The van der Waals surface area contributed by atoms with Crippen molar-refractivity contribution in [3.05, 3.63) is 42.4 Å². The molecule has 13 heteroatoms. The van der Waals surface area contributed by atoms with E-state index in [-0.39, 0.29) is 17.0 Å². The molecule has 152 valence electrons. The van der Waals surface area contributed by atoms with Crippen LogP contribution < -0.4 is 4.74 Å².